The Labute approximate surface area is 107 Å². The van der Waals surface area contributed by atoms with Crippen LogP contribution >= 0.6 is 27.5 Å². The van der Waals surface area contributed by atoms with Crippen LogP contribution in [0.5, 0.6) is 0 Å². The number of hydrogen-bond acceptors (Lipinski definition) is 0. The van der Waals surface area contributed by atoms with Crippen LogP contribution in [0, 0.1) is 0 Å². The van der Waals surface area contributed by atoms with E-state index in [1.54, 1.807) is 0 Å². The lowest BCUT2D eigenvalue weighted by molar-refractivity contribution is 0.848. The van der Waals surface area contributed by atoms with Gasteiger partial charge in [-0.2, -0.15) is 0 Å². The topological polar surface area (TPSA) is 0 Å². The van der Waals surface area contributed by atoms with Gasteiger partial charge in [0.25, 0.3) is 0 Å². The van der Waals surface area contributed by atoms with Gasteiger partial charge < -0.3 is 0 Å². The van der Waals surface area contributed by atoms with Crippen LogP contribution in [0.1, 0.15) is 11.5 Å². The van der Waals surface area contributed by atoms with Gasteiger partial charge in [0.05, 0.1) is 0 Å². The number of rotatable bonds is 4. The number of benzene rings is 1. The van der Waals surface area contributed by atoms with Crippen molar-refractivity contribution in [3.63, 3.8) is 0 Å². The molecular weight excluding hydrogens is 288 g/mol. The molecule has 84 valence electrons. The van der Waals surface area contributed by atoms with Gasteiger partial charge in [0.15, 0.2) is 0 Å². The zero-order valence-corrected chi connectivity index (χ0v) is 12.9. The molecule has 1 atom stereocenters. The predicted molar refractivity (Wildman–Crippen MR) is 75.8 cm³/mol. The summed E-state index contributed by atoms with van der Waals surface area (Å²) >= 11 is 9.68. The summed E-state index contributed by atoms with van der Waals surface area (Å²) in [7, 11) is -1.05. The Bertz CT molecular complexity index is 320. The number of halogens is 2. The van der Waals surface area contributed by atoms with E-state index in [0.717, 1.165) is 0 Å². The van der Waals surface area contributed by atoms with E-state index in [0.29, 0.717) is 11.8 Å². The lowest BCUT2D eigenvalue weighted by Crippen LogP contribution is -2.23. The summed E-state index contributed by atoms with van der Waals surface area (Å²) in [6.07, 6.45) is 0. The fourth-order valence-electron chi connectivity index (χ4n) is 1.79. The van der Waals surface area contributed by atoms with E-state index < -0.39 is 8.07 Å². The van der Waals surface area contributed by atoms with Crippen LogP contribution in [0.3, 0.4) is 0 Å². The Morgan fingerprint density at radius 2 is 1.87 bits per heavy atom. The molecule has 3 heteroatoms. The van der Waals surface area contributed by atoms with Crippen molar-refractivity contribution >= 4 is 35.6 Å². The number of alkyl halides is 1. The minimum absolute atomic E-state index is 0.494. The Hall–Kier alpha value is 0.207. The Morgan fingerprint density at radius 3 is 2.33 bits per heavy atom. The SMILES string of the molecule is C[Si](C)(C)CC(CCl)c1ccccc1Br. The predicted octanol–water partition coefficient (Wildman–Crippen LogP) is 5.11. The third-order valence-electron chi connectivity index (χ3n) is 2.39. The lowest BCUT2D eigenvalue weighted by Gasteiger charge is -2.24. The Balaban J connectivity index is 2.88. The van der Waals surface area contributed by atoms with E-state index in [-0.39, 0.29) is 0 Å². The smallest absolute Gasteiger partial charge is 0.0449 e. The van der Waals surface area contributed by atoms with Gasteiger partial charge in [0.2, 0.25) is 0 Å². The largest absolute Gasteiger partial charge is 0.126 e. The molecule has 1 aromatic rings. The summed E-state index contributed by atoms with van der Waals surface area (Å²) in [5.74, 6) is 1.21. The van der Waals surface area contributed by atoms with Crippen molar-refractivity contribution < 1.29 is 0 Å². The molecule has 0 aromatic heterocycles. The van der Waals surface area contributed by atoms with Crippen LogP contribution < -0.4 is 0 Å². The van der Waals surface area contributed by atoms with Gasteiger partial charge in [0, 0.05) is 18.4 Å². The highest BCUT2D eigenvalue weighted by Crippen LogP contribution is 2.32. The molecule has 0 nitrogen and oxygen atoms in total. The van der Waals surface area contributed by atoms with E-state index >= 15 is 0 Å². The fraction of sp³-hybridized carbons (Fsp3) is 0.500. The molecule has 1 aromatic carbocycles. The van der Waals surface area contributed by atoms with Gasteiger partial charge in [-0.05, 0) is 23.6 Å². The van der Waals surface area contributed by atoms with Crippen LogP contribution in [0.2, 0.25) is 25.7 Å². The molecule has 0 aliphatic heterocycles. The van der Waals surface area contributed by atoms with E-state index in [4.69, 9.17) is 11.6 Å². The highest BCUT2D eigenvalue weighted by molar-refractivity contribution is 9.10. The first kappa shape index (κ1) is 13.3. The maximum atomic E-state index is 6.08. The Kier molecular flexibility index (Phi) is 4.88. The molecule has 15 heavy (non-hydrogen) atoms. The van der Waals surface area contributed by atoms with Gasteiger partial charge in [-0.3, -0.25) is 0 Å². The van der Waals surface area contributed by atoms with Crippen molar-refractivity contribution in [3.05, 3.63) is 34.3 Å². The van der Waals surface area contributed by atoms with Crippen molar-refractivity contribution in [2.75, 3.05) is 5.88 Å². The summed E-state index contributed by atoms with van der Waals surface area (Å²) in [6.45, 7) is 7.18. The molecule has 0 saturated carbocycles. The van der Waals surface area contributed by atoms with Crippen LogP contribution in [0.25, 0.3) is 0 Å². The average molecular weight is 306 g/mol. The second-order valence-corrected chi connectivity index (χ2v) is 11.8. The highest BCUT2D eigenvalue weighted by Gasteiger charge is 2.22. The Morgan fingerprint density at radius 1 is 1.27 bits per heavy atom. The normalized spacial score (nSPS) is 13.9. The van der Waals surface area contributed by atoms with E-state index in [1.165, 1.54) is 16.1 Å². The molecule has 0 radical (unpaired) electrons. The molecule has 0 bridgehead atoms. The zero-order chi connectivity index (χ0) is 11.5. The van der Waals surface area contributed by atoms with Crippen molar-refractivity contribution in [2.24, 2.45) is 0 Å². The van der Waals surface area contributed by atoms with Gasteiger partial charge in [-0.15, -0.1) is 11.6 Å². The van der Waals surface area contributed by atoms with Gasteiger partial charge >= 0.3 is 0 Å². The molecule has 0 aliphatic carbocycles. The molecule has 0 fully saturated rings. The molecule has 0 N–H and O–H groups in total. The van der Waals surface area contributed by atoms with E-state index in [9.17, 15) is 0 Å². The minimum atomic E-state index is -1.05. The second-order valence-electron chi connectivity index (χ2n) is 5.14. The van der Waals surface area contributed by atoms with Gasteiger partial charge in [-0.1, -0.05) is 53.8 Å². The molecule has 0 heterocycles. The molecule has 1 rings (SSSR count). The lowest BCUT2D eigenvalue weighted by atomic mass is 10.0. The zero-order valence-electron chi connectivity index (χ0n) is 9.56. The first-order valence-corrected chi connectivity index (χ1v) is 10.3. The van der Waals surface area contributed by atoms with E-state index in [2.05, 4.69) is 53.8 Å². The van der Waals surface area contributed by atoms with Crippen molar-refractivity contribution in [3.8, 4) is 0 Å². The van der Waals surface area contributed by atoms with Crippen LogP contribution in [0.15, 0.2) is 28.7 Å². The summed E-state index contributed by atoms with van der Waals surface area (Å²) in [5, 5.41) is 0. The monoisotopic (exact) mass is 304 g/mol. The first-order chi connectivity index (χ1) is 6.94. The summed E-state index contributed by atoms with van der Waals surface area (Å²) in [4.78, 5) is 0. The summed E-state index contributed by atoms with van der Waals surface area (Å²) < 4.78 is 1.19. The van der Waals surface area contributed by atoms with Gasteiger partial charge in [0.1, 0.15) is 0 Å². The maximum Gasteiger partial charge on any atom is 0.0449 e. The molecule has 0 spiro atoms. The maximum absolute atomic E-state index is 6.08. The molecule has 0 amide bonds. The van der Waals surface area contributed by atoms with Crippen molar-refractivity contribution in [1.82, 2.24) is 0 Å². The van der Waals surface area contributed by atoms with Crippen molar-refractivity contribution in [1.29, 1.82) is 0 Å². The highest BCUT2D eigenvalue weighted by atomic mass is 79.9. The van der Waals surface area contributed by atoms with E-state index in [1.807, 2.05) is 6.07 Å². The minimum Gasteiger partial charge on any atom is -0.126 e. The standard InChI is InChI=1S/C12H18BrClSi/c1-15(2,3)9-10(8-14)11-6-4-5-7-12(11)13/h4-7,10H,8-9H2,1-3H3. The molecular formula is C12H18BrClSi. The third-order valence-corrected chi connectivity index (χ3v) is 5.20. The average Bonchev–Trinajstić information content (AvgIpc) is 2.14. The first-order valence-electron chi connectivity index (χ1n) is 5.24. The second kappa shape index (κ2) is 5.51. The van der Waals surface area contributed by atoms with Crippen LogP contribution in [0.4, 0.5) is 0 Å². The molecule has 1 unspecified atom stereocenters. The third kappa shape index (κ3) is 4.29. The number of hydrogen-bond donors (Lipinski definition) is 0. The molecule has 0 saturated heterocycles. The summed E-state index contributed by atoms with van der Waals surface area (Å²) in [6, 6.07) is 9.66. The van der Waals surface area contributed by atoms with Crippen molar-refractivity contribution in [2.45, 2.75) is 31.6 Å². The quantitative estimate of drug-likeness (QED) is 0.535. The fourth-order valence-corrected chi connectivity index (χ4v) is 4.70. The van der Waals surface area contributed by atoms with Crippen LogP contribution in [-0.2, 0) is 0 Å². The summed E-state index contributed by atoms with van der Waals surface area (Å²) in [5.41, 5.74) is 1.36. The van der Waals surface area contributed by atoms with Gasteiger partial charge in [-0.25, -0.2) is 0 Å². The van der Waals surface area contributed by atoms with Crippen LogP contribution in [-0.4, -0.2) is 14.0 Å². The molecule has 0 aliphatic rings.